The summed E-state index contributed by atoms with van der Waals surface area (Å²) in [5.41, 5.74) is 2.23. The summed E-state index contributed by atoms with van der Waals surface area (Å²) >= 11 is 0. The summed E-state index contributed by atoms with van der Waals surface area (Å²) in [7, 11) is -8.09. The zero-order chi connectivity index (χ0) is 21.8. The van der Waals surface area contributed by atoms with Gasteiger partial charge in [0.1, 0.15) is 21.2 Å². The van der Waals surface area contributed by atoms with Crippen LogP contribution in [-0.4, -0.2) is 28.3 Å². The van der Waals surface area contributed by atoms with Crippen LogP contribution in [0.2, 0.25) is 0 Å². The van der Waals surface area contributed by atoms with E-state index in [0.717, 1.165) is 11.1 Å². The van der Waals surface area contributed by atoms with Gasteiger partial charge in [-0.25, -0.2) is 0 Å². The molecule has 10 heteroatoms. The minimum absolute atomic E-state index is 0.0156. The summed E-state index contributed by atoms with van der Waals surface area (Å²) in [5.74, 6) is 0. The summed E-state index contributed by atoms with van der Waals surface area (Å²) in [6.45, 7) is 3.67. The Kier molecular flexibility index (Phi) is 6.18. The lowest BCUT2D eigenvalue weighted by Crippen LogP contribution is -2.07. The minimum atomic E-state index is -4.04. The van der Waals surface area contributed by atoms with Crippen LogP contribution < -0.4 is 0 Å². The Hall–Kier alpha value is -3.24. The van der Waals surface area contributed by atoms with E-state index in [2.05, 4.69) is 10.3 Å². The van der Waals surface area contributed by atoms with Crippen LogP contribution in [0.15, 0.2) is 92.9 Å². The second kappa shape index (κ2) is 8.64. The van der Waals surface area contributed by atoms with Crippen molar-refractivity contribution in [2.45, 2.75) is 23.6 Å². The number of aryl methyl sites for hydroxylation is 2. The van der Waals surface area contributed by atoms with E-state index in [1.165, 1.54) is 48.6 Å². The molecule has 0 radical (unpaired) electrons. The lowest BCUT2D eigenvalue weighted by molar-refractivity contribution is 0.338. The Morgan fingerprint density at radius 2 is 0.867 bits per heavy atom. The number of benzene rings is 2. The van der Waals surface area contributed by atoms with Crippen LogP contribution in [0.1, 0.15) is 11.1 Å². The average molecular weight is 447 g/mol. The molecule has 0 N–H and O–H groups in total. The van der Waals surface area contributed by atoms with E-state index >= 15 is 0 Å². The largest absolute Gasteiger partial charge is 0.358 e. The fraction of sp³-hybridized carbons (Fsp3) is 0.100. The van der Waals surface area contributed by atoms with Crippen LogP contribution >= 0.6 is 0 Å². The molecule has 0 atom stereocenters. The number of nitrogens with zero attached hydrogens (tertiary/aromatic N) is 2. The van der Waals surface area contributed by atoms with Crippen molar-refractivity contribution in [3.05, 3.63) is 84.0 Å². The zero-order valence-electron chi connectivity index (χ0n) is 16.1. The van der Waals surface area contributed by atoms with Crippen LogP contribution in [0.4, 0.5) is 0 Å². The highest BCUT2D eigenvalue weighted by Gasteiger charge is 2.17. The smallest absolute Gasteiger partial charge is 0.264 e. The van der Waals surface area contributed by atoms with Crippen molar-refractivity contribution in [2.24, 2.45) is 10.3 Å². The molecule has 0 bridgehead atoms. The van der Waals surface area contributed by atoms with Crippen molar-refractivity contribution in [1.82, 2.24) is 0 Å². The Bertz CT molecular complexity index is 1140. The van der Waals surface area contributed by atoms with Gasteiger partial charge in [0.05, 0.1) is 0 Å². The molecule has 1 aliphatic carbocycles. The van der Waals surface area contributed by atoms with Crippen LogP contribution in [0.3, 0.4) is 0 Å². The third-order valence-electron chi connectivity index (χ3n) is 3.95. The van der Waals surface area contributed by atoms with Crippen molar-refractivity contribution in [2.75, 3.05) is 0 Å². The molecule has 2 aromatic carbocycles. The Balaban J connectivity index is 1.65. The van der Waals surface area contributed by atoms with Crippen LogP contribution in [-0.2, 0) is 28.8 Å². The quantitative estimate of drug-likeness (QED) is 0.497. The molecule has 8 nitrogen and oxygen atoms in total. The molecule has 1 aliphatic rings. The highest BCUT2D eigenvalue weighted by molar-refractivity contribution is 7.87. The van der Waals surface area contributed by atoms with Gasteiger partial charge in [-0.15, -0.1) is 0 Å². The van der Waals surface area contributed by atoms with Crippen molar-refractivity contribution in [3.63, 3.8) is 0 Å². The molecule has 0 saturated carbocycles. The normalized spacial score (nSPS) is 13.8. The molecule has 0 fully saturated rings. The van der Waals surface area contributed by atoms with E-state index in [-0.39, 0.29) is 21.2 Å². The molecule has 0 unspecified atom stereocenters. The van der Waals surface area contributed by atoms with Crippen molar-refractivity contribution < 1.29 is 25.4 Å². The number of oxime groups is 2. The second-order valence-electron chi connectivity index (χ2n) is 6.38. The predicted molar refractivity (Wildman–Crippen MR) is 112 cm³/mol. The van der Waals surface area contributed by atoms with Gasteiger partial charge in [-0.05, 0) is 62.4 Å². The first kappa shape index (κ1) is 21.5. The molecule has 0 saturated heterocycles. The maximum atomic E-state index is 12.1. The van der Waals surface area contributed by atoms with Gasteiger partial charge in [0.15, 0.2) is 0 Å². The summed E-state index contributed by atoms with van der Waals surface area (Å²) in [4.78, 5) is -0.0311. The van der Waals surface area contributed by atoms with Gasteiger partial charge in [-0.3, -0.25) is 8.57 Å². The topological polar surface area (TPSA) is 111 Å². The first-order chi connectivity index (χ1) is 14.2. The summed E-state index contributed by atoms with van der Waals surface area (Å²) in [6, 6.07) is 12.3. The number of rotatable bonds is 6. The van der Waals surface area contributed by atoms with Gasteiger partial charge in [0.25, 0.3) is 0 Å². The lowest BCUT2D eigenvalue weighted by atomic mass is 10.1. The first-order valence-corrected chi connectivity index (χ1v) is 11.5. The molecule has 0 aromatic heterocycles. The molecule has 2 aromatic rings. The van der Waals surface area contributed by atoms with Crippen molar-refractivity contribution >= 4 is 31.7 Å². The molecular formula is C20H18N2O6S2. The summed E-state index contributed by atoms with van der Waals surface area (Å²) in [6.07, 6.45) is 5.63. The van der Waals surface area contributed by atoms with E-state index in [0.29, 0.717) is 0 Å². The molecular weight excluding hydrogens is 428 g/mol. The molecule has 156 valence electrons. The fourth-order valence-electron chi connectivity index (χ4n) is 2.25. The Morgan fingerprint density at radius 1 is 0.567 bits per heavy atom. The zero-order valence-corrected chi connectivity index (χ0v) is 17.7. The molecule has 30 heavy (non-hydrogen) atoms. The van der Waals surface area contributed by atoms with E-state index in [1.54, 1.807) is 24.3 Å². The van der Waals surface area contributed by atoms with Gasteiger partial charge in [-0.2, -0.15) is 16.8 Å². The van der Waals surface area contributed by atoms with Crippen LogP contribution in [0.25, 0.3) is 0 Å². The molecule has 0 amide bonds. The van der Waals surface area contributed by atoms with Gasteiger partial charge in [-0.1, -0.05) is 45.7 Å². The maximum absolute atomic E-state index is 12.1. The van der Waals surface area contributed by atoms with Crippen molar-refractivity contribution in [1.29, 1.82) is 0 Å². The number of hydrogen-bond acceptors (Lipinski definition) is 8. The standard InChI is InChI=1S/C20H18N2O6S2/c1-15-3-11-19(12-4-15)29(23,24)27-21-17-7-9-18(10-8-17)22-28-30(25,26)20-13-5-16(2)6-14-20/h3-14H,1-2H3. The van der Waals surface area contributed by atoms with Gasteiger partial charge >= 0.3 is 20.2 Å². The lowest BCUT2D eigenvalue weighted by Gasteiger charge is -2.05. The molecule has 3 rings (SSSR count). The van der Waals surface area contributed by atoms with Gasteiger partial charge in [0, 0.05) is 0 Å². The maximum Gasteiger partial charge on any atom is 0.358 e. The third-order valence-corrected chi connectivity index (χ3v) is 6.19. The monoisotopic (exact) mass is 446 g/mol. The second-order valence-corrected chi connectivity index (χ2v) is 9.44. The van der Waals surface area contributed by atoms with E-state index in [9.17, 15) is 16.8 Å². The van der Waals surface area contributed by atoms with Crippen LogP contribution in [0, 0.1) is 13.8 Å². The highest BCUT2D eigenvalue weighted by atomic mass is 32.2. The summed E-state index contributed by atoms with van der Waals surface area (Å²) < 4.78 is 57.9. The van der Waals surface area contributed by atoms with Gasteiger partial charge in [0.2, 0.25) is 0 Å². The first-order valence-electron chi connectivity index (χ1n) is 8.68. The average Bonchev–Trinajstić information content (AvgIpc) is 2.72. The summed E-state index contributed by atoms with van der Waals surface area (Å²) in [5, 5.41) is 7.19. The molecule has 0 aliphatic heterocycles. The Morgan fingerprint density at radius 3 is 1.17 bits per heavy atom. The Labute approximate surface area is 175 Å². The third kappa shape index (κ3) is 5.43. The predicted octanol–water partition coefficient (Wildman–Crippen LogP) is 3.25. The van der Waals surface area contributed by atoms with E-state index in [1.807, 2.05) is 13.8 Å². The van der Waals surface area contributed by atoms with Crippen molar-refractivity contribution in [3.8, 4) is 0 Å². The number of hydrogen-bond donors (Lipinski definition) is 0. The molecule has 0 heterocycles. The highest BCUT2D eigenvalue weighted by Crippen LogP contribution is 2.15. The molecule has 0 spiro atoms. The van der Waals surface area contributed by atoms with E-state index in [4.69, 9.17) is 8.57 Å². The SMILES string of the molecule is Cc1ccc(S(=O)(=O)ON=C2C=CC(=NOS(=O)(=O)c3ccc(C)cc3)C=C2)cc1. The van der Waals surface area contributed by atoms with E-state index < -0.39 is 20.2 Å². The van der Waals surface area contributed by atoms with Crippen LogP contribution in [0.5, 0.6) is 0 Å². The number of allylic oxidation sites excluding steroid dienone is 4. The fourth-order valence-corrected chi connectivity index (χ4v) is 3.73. The van der Waals surface area contributed by atoms with Gasteiger partial charge < -0.3 is 0 Å². The minimum Gasteiger partial charge on any atom is -0.264 e.